The van der Waals surface area contributed by atoms with Crippen molar-refractivity contribution in [3.8, 4) is 0 Å². The molecule has 0 spiro atoms. The second-order valence-electron chi connectivity index (χ2n) is 17.8. The first-order valence-corrected chi connectivity index (χ1v) is 23.8. The first-order chi connectivity index (χ1) is 33.5. The molecular weight excluding hydrogens is 899 g/mol. The Hall–Kier alpha value is -7.58. The maximum absolute atomic E-state index is 14.7. The lowest BCUT2D eigenvalue weighted by Crippen LogP contribution is -2.57. The van der Waals surface area contributed by atoms with Crippen molar-refractivity contribution >= 4 is 64.0 Å². The van der Waals surface area contributed by atoms with Gasteiger partial charge in [0.05, 0.1) is 12.4 Å². The molecule has 1 aliphatic heterocycles. The van der Waals surface area contributed by atoms with Crippen LogP contribution in [-0.4, -0.2) is 122 Å². The lowest BCUT2D eigenvalue weighted by Gasteiger charge is -2.30. The number of guanidine groups is 1. The van der Waals surface area contributed by atoms with Gasteiger partial charge in [0, 0.05) is 74.2 Å². The molecule has 0 radical (unpaired) electrons. The molecule has 5 rings (SSSR count). The third kappa shape index (κ3) is 15.7. The van der Waals surface area contributed by atoms with E-state index in [1.807, 2.05) is 31.2 Å². The molecule has 13 N–H and O–H groups in total. The molecule has 21 heteroatoms. The number of carbonyl (C=O) groups excluding carboxylic acids is 8. The summed E-state index contributed by atoms with van der Waals surface area (Å²) in [5.41, 5.74) is 19.8. The van der Waals surface area contributed by atoms with Crippen molar-refractivity contribution in [1.29, 1.82) is 0 Å². The molecule has 1 aliphatic rings. The molecule has 2 aromatic carbocycles. The number of Topliss-reactive ketones (excluding diaryl/α,β-unsaturated/α-hetero) is 1. The maximum Gasteiger partial charge on any atom is 0.243 e. The van der Waals surface area contributed by atoms with Crippen molar-refractivity contribution in [1.82, 2.24) is 46.4 Å². The van der Waals surface area contributed by atoms with Gasteiger partial charge in [-0.1, -0.05) is 68.3 Å². The first kappa shape index (κ1) is 53.4. The van der Waals surface area contributed by atoms with Crippen molar-refractivity contribution < 1.29 is 38.4 Å². The summed E-state index contributed by atoms with van der Waals surface area (Å²) in [6.07, 6.45) is 7.40. The topological polar surface area (TPSA) is 335 Å². The van der Waals surface area contributed by atoms with Crippen LogP contribution in [-0.2, 0) is 57.6 Å². The van der Waals surface area contributed by atoms with Crippen LogP contribution in [0.2, 0.25) is 0 Å². The Morgan fingerprint density at radius 1 is 0.786 bits per heavy atom. The first-order valence-electron chi connectivity index (χ1n) is 23.8. The average Bonchev–Trinajstić information content (AvgIpc) is 4.13. The van der Waals surface area contributed by atoms with Crippen LogP contribution in [0.25, 0.3) is 10.9 Å². The molecule has 4 aromatic rings. The minimum absolute atomic E-state index is 0.0273. The Kier molecular flexibility index (Phi) is 20.0. The fourth-order valence-electron chi connectivity index (χ4n) is 8.58. The molecule has 0 bridgehead atoms. The molecule has 376 valence electrons. The minimum Gasteiger partial charge on any atom is -0.370 e. The van der Waals surface area contributed by atoms with E-state index in [9.17, 15) is 38.4 Å². The number of nitrogens with one attached hydrogen (secondary N) is 7. The Labute approximate surface area is 406 Å². The van der Waals surface area contributed by atoms with Crippen molar-refractivity contribution in [2.45, 2.75) is 128 Å². The van der Waals surface area contributed by atoms with Gasteiger partial charge in [-0.2, -0.15) is 0 Å². The zero-order valence-electron chi connectivity index (χ0n) is 40.0. The fourth-order valence-corrected chi connectivity index (χ4v) is 8.58. The van der Waals surface area contributed by atoms with E-state index in [1.54, 1.807) is 36.5 Å². The lowest BCUT2D eigenvalue weighted by atomic mass is 9.90. The molecule has 0 aliphatic carbocycles. The lowest BCUT2D eigenvalue weighted by molar-refractivity contribution is -0.144. The van der Waals surface area contributed by atoms with Gasteiger partial charge in [0.15, 0.2) is 11.7 Å². The molecule has 1 fully saturated rings. The Balaban J connectivity index is 1.35. The van der Waals surface area contributed by atoms with Gasteiger partial charge in [-0.05, 0) is 62.6 Å². The van der Waals surface area contributed by atoms with Crippen LogP contribution >= 0.6 is 0 Å². The highest BCUT2D eigenvalue weighted by Crippen LogP contribution is 2.26. The number of carbonyl (C=O) groups is 8. The summed E-state index contributed by atoms with van der Waals surface area (Å²) in [5.74, 6) is -5.78. The van der Waals surface area contributed by atoms with Crippen LogP contribution < -0.4 is 43.8 Å². The Morgan fingerprint density at radius 2 is 1.50 bits per heavy atom. The predicted octanol–water partition coefficient (Wildman–Crippen LogP) is 0.678. The number of aromatic nitrogens is 3. The van der Waals surface area contributed by atoms with Gasteiger partial charge in [-0.15, -0.1) is 0 Å². The van der Waals surface area contributed by atoms with Crippen LogP contribution in [0.15, 0.2) is 78.3 Å². The molecule has 0 unspecified atom stereocenters. The molecule has 0 saturated carbocycles. The SMILES string of the molecule is CCCC[C@H](NC(C)=O)C(=O)N[C@@H](C)C(=O)N[C@@H](Cc1cnc[nH]1)C(=O)N[C@H](Cc1ccccc1)C(=O)C[C@@H](CCCN=C(N)N)C(=O)N1CCC[C@@H]1C(=O)N[C@@H](Cc1c[nH]c2ccccc12)C(N)=O. The number of fused-ring (bicyclic) bond motifs is 1. The van der Waals surface area contributed by atoms with Gasteiger partial charge in [0.25, 0.3) is 0 Å². The summed E-state index contributed by atoms with van der Waals surface area (Å²) < 4.78 is 0. The second kappa shape index (κ2) is 26.3. The van der Waals surface area contributed by atoms with Gasteiger partial charge < -0.3 is 58.7 Å². The van der Waals surface area contributed by atoms with Crippen LogP contribution in [0.5, 0.6) is 0 Å². The number of nitrogens with zero attached hydrogens (tertiary/aromatic N) is 3. The van der Waals surface area contributed by atoms with E-state index in [4.69, 9.17) is 17.2 Å². The van der Waals surface area contributed by atoms with E-state index in [0.29, 0.717) is 43.4 Å². The molecule has 3 heterocycles. The normalized spacial score (nSPS) is 15.9. The number of aliphatic imine (C=N–C) groups is 1. The van der Waals surface area contributed by atoms with E-state index >= 15 is 0 Å². The Bertz CT molecular complexity index is 2450. The van der Waals surface area contributed by atoms with Crippen molar-refractivity contribution in [3.05, 3.63) is 90.1 Å². The summed E-state index contributed by atoms with van der Waals surface area (Å²) in [6.45, 7) is 5.06. The average molecular weight is 966 g/mol. The molecule has 70 heavy (non-hydrogen) atoms. The third-order valence-electron chi connectivity index (χ3n) is 12.3. The number of ketones is 1. The van der Waals surface area contributed by atoms with E-state index in [0.717, 1.165) is 22.9 Å². The fraction of sp³-hybridized carbons (Fsp3) is 0.469. The standard InChI is InChI=1S/C49H67N13O8/c1-4-5-17-37(58-30(3)63)45(67)57-29(2)44(66)61-40(25-34-27-53-28-56-34)46(68)59-38(22-31-13-7-6-8-14-31)42(64)24-32(15-11-20-54-49(51)52)48(70)62-21-12-19-41(62)47(69)60-39(43(50)65)23-33-26-55-36-18-10-9-16-35(33)36/h6-10,13-14,16,18,26-29,32,37-41,55H,4-5,11-12,15,17,19-25H2,1-3H3,(H2,50,65)(H,53,56)(H,57,67)(H,58,63)(H,59,68)(H,60,69)(H,61,66)(H4,51,52,54)/t29-,32+,37-,38+,39-,40-,41+/m0/s1. The molecular formula is C49H67N13O8. The summed E-state index contributed by atoms with van der Waals surface area (Å²) in [6, 6.07) is 9.97. The predicted molar refractivity (Wildman–Crippen MR) is 262 cm³/mol. The molecule has 7 amide bonds. The summed E-state index contributed by atoms with van der Waals surface area (Å²) in [7, 11) is 0. The highest BCUT2D eigenvalue weighted by atomic mass is 16.2. The summed E-state index contributed by atoms with van der Waals surface area (Å²) in [5, 5.41) is 14.5. The molecule has 1 saturated heterocycles. The quantitative estimate of drug-likeness (QED) is 0.0225. The number of primary amides is 1. The van der Waals surface area contributed by atoms with E-state index < -0.39 is 89.3 Å². The number of imidazole rings is 1. The van der Waals surface area contributed by atoms with Crippen LogP contribution in [0.3, 0.4) is 0 Å². The van der Waals surface area contributed by atoms with Gasteiger partial charge in [-0.25, -0.2) is 4.98 Å². The zero-order valence-corrected chi connectivity index (χ0v) is 40.0. The number of H-pyrrole nitrogens is 2. The number of hydrogen-bond donors (Lipinski definition) is 10. The number of para-hydroxylation sites is 1. The summed E-state index contributed by atoms with van der Waals surface area (Å²) in [4.78, 5) is 125. The number of rotatable bonds is 27. The number of hydrogen-bond acceptors (Lipinski definition) is 10. The highest BCUT2D eigenvalue weighted by Gasteiger charge is 2.40. The third-order valence-corrected chi connectivity index (χ3v) is 12.3. The number of unbranched alkanes of at least 4 members (excludes halogenated alkanes) is 1. The summed E-state index contributed by atoms with van der Waals surface area (Å²) >= 11 is 0. The molecule has 21 nitrogen and oxygen atoms in total. The number of amides is 7. The van der Waals surface area contributed by atoms with Crippen LogP contribution in [0.4, 0.5) is 0 Å². The zero-order chi connectivity index (χ0) is 50.7. The van der Waals surface area contributed by atoms with Gasteiger partial charge in [0.1, 0.15) is 30.2 Å². The monoisotopic (exact) mass is 966 g/mol. The minimum atomic E-state index is -1.27. The highest BCUT2D eigenvalue weighted by molar-refractivity contribution is 5.98. The van der Waals surface area contributed by atoms with Crippen molar-refractivity contribution in [2.75, 3.05) is 13.1 Å². The number of likely N-dealkylation sites (tertiary alicyclic amines) is 1. The number of aromatic amines is 2. The van der Waals surface area contributed by atoms with Crippen LogP contribution in [0, 0.1) is 5.92 Å². The number of nitrogens with two attached hydrogens (primary N) is 3. The van der Waals surface area contributed by atoms with E-state index in [-0.39, 0.29) is 51.2 Å². The van der Waals surface area contributed by atoms with Crippen LogP contribution in [0.1, 0.15) is 89.0 Å². The second-order valence-corrected chi connectivity index (χ2v) is 17.8. The number of benzene rings is 2. The largest absolute Gasteiger partial charge is 0.370 e. The van der Waals surface area contributed by atoms with E-state index in [2.05, 4.69) is 46.5 Å². The van der Waals surface area contributed by atoms with E-state index in [1.165, 1.54) is 31.3 Å². The van der Waals surface area contributed by atoms with Gasteiger partial charge in [0.2, 0.25) is 41.4 Å². The Morgan fingerprint density at radius 3 is 2.19 bits per heavy atom. The molecule has 2 aromatic heterocycles. The molecule has 7 atom stereocenters. The maximum atomic E-state index is 14.7. The van der Waals surface area contributed by atoms with Gasteiger partial charge >= 0.3 is 0 Å². The smallest absolute Gasteiger partial charge is 0.243 e. The van der Waals surface area contributed by atoms with Crippen molar-refractivity contribution in [3.63, 3.8) is 0 Å². The van der Waals surface area contributed by atoms with Crippen molar-refractivity contribution in [2.24, 2.45) is 28.1 Å². The van der Waals surface area contributed by atoms with Gasteiger partial charge in [-0.3, -0.25) is 43.3 Å².